The molecular formula is C10H20N2. The van der Waals surface area contributed by atoms with E-state index < -0.39 is 0 Å². The standard InChI is InChI=1S/C10H20N2/c1-8(10(2)4-5-10)12-6-3-9(11)7-12/h8-9H,3-7,11H2,1-2H3. The van der Waals surface area contributed by atoms with E-state index in [0.717, 1.165) is 12.6 Å². The summed E-state index contributed by atoms with van der Waals surface area (Å²) in [7, 11) is 0. The first-order valence-corrected chi connectivity index (χ1v) is 5.11. The Bertz CT molecular complexity index is 175. The molecule has 0 aromatic carbocycles. The summed E-state index contributed by atoms with van der Waals surface area (Å²) in [5, 5.41) is 0. The van der Waals surface area contributed by atoms with Crippen molar-refractivity contribution < 1.29 is 0 Å². The molecule has 0 bridgehead atoms. The van der Waals surface area contributed by atoms with Gasteiger partial charge in [0.1, 0.15) is 0 Å². The number of nitrogens with zero attached hydrogens (tertiary/aromatic N) is 1. The van der Waals surface area contributed by atoms with Gasteiger partial charge in [-0.2, -0.15) is 0 Å². The molecule has 0 radical (unpaired) electrons. The molecule has 2 fully saturated rings. The second kappa shape index (κ2) is 2.71. The molecule has 70 valence electrons. The highest BCUT2D eigenvalue weighted by atomic mass is 15.2. The topological polar surface area (TPSA) is 29.3 Å². The molecule has 2 aliphatic rings. The van der Waals surface area contributed by atoms with Gasteiger partial charge in [-0.25, -0.2) is 0 Å². The Labute approximate surface area is 75.1 Å². The summed E-state index contributed by atoms with van der Waals surface area (Å²) >= 11 is 0. The van der Waals surface area contributed by atoms with Crippen LogP contribution in [-0.2, 0) is 0 Å². The average Bonchev–Trinajstić information content (AvgIpc) is 2.62. The zero-order chi connectivity index (χ0) is 8.77. The fourth-order valence-electron chi connectivity index (χ4n) is 2.22. The molecule has 2 atom stereocenters. The predicted molar refractivity (Wildman–Crippen MR) is 51.0 cm³/mol. The quantitative estimate of drug-likeness (QED) is 0.671. The van der Waals surface area contributed by atoms with E-state index >= 15 is 0 Å². The van der Waals surface area contributed by atoms with Crippen LogP contribution < -0.4 is 5.73 Å². The van der Waals surface area contributed by atoms with Gasteiger partial charge in [-0.05, 0) is 31.6 Å². The van der Waals surface area contributed by atoms with Gasteiger partial charge in [0.25, 0.3) is 0 Å². The van der Waals surface area contributed by atoms with E-state index in [0.29, 0.717) is 11.5 Å². The fraction of sp³-hybridized carbons (Fsp3) is 1.00. The van der Waals surface area contributed by atoms with Gasteiger partial charge < -0.3 is 5.73 Å². The summed E-state index contributed by atoms with van der Waals surface area (Å²) in [5.41, 5.74) is 6.51. The van der Waals surface area contributed by atoms with Crippen molar-refractivity contribution in [3.63, 3.8) is 0 Å². The first kappa shape index (κ1) is 8.52. The van der Waals surface area contributed by atoms with E-state index in [2.05, 4.69) is 18.7 Å². The van der Waals surface area contributed by atoms with Crippen LogP contribution in [0.3, 0.4) is 0 Å². The highest BCUT2D eigenvalue weighted by molar-refractivity contribution is 4.99. The van der Waals surface area contributed by atoms with Crippen LogP contribution in [0.25, 0.3) is 0 Å². The van der Waals surface area contributed by atoms with Gasteiger partial charge in [0, 0.05) is 25.2 Å². The number of likely N-dealkylation sites (tertiary alicyclic amines) is 1. The molecule has 1 heterocycles. The number of hydrogen-bond donors (Lipinski definition) is 1. The van der Waals surface area contributed by atoms with Gasteiger partial charge in [-0.3, -0.25) is 4.90 Å². The van der Waals surface area contributed by atoms with Crippen LogP contribution >= 0.6 is 0 Å². The third-order valence-electron chi connectivity index (χ3n) is 3.85. The van der Waals surface area contributed by atoms with Crippen molar-refractivity contribution in [3.8, 4) is 0 Å². The van der Waals surface area contributed by atoms with E-state index in [1.54, 1.807) is 0 Å². The number of hydrogen-bond acceptors (Lipinski definition) is 2. The summed E-state index contributed by atoms with van der Waals surface area (Å²) in [5.74, 6) is 0. The van der Waals surface area contributed by atoms with Crippen LogP contribution in [0.5, 0.6) is 0 Å². The molecule has 2 nitrogen and oxygen atoms in total. The van der Waals surface area contributed by atoms with Crippen LogP contribution in [-0.4, -0.2) is 30.1 Å². The molecule has 12 heavy (non-hydrogen) atoms. The van der Waals surface area contributed by atoms with Crippen molar-refractivity contribution in [2.24, 2.45) is 11.1 Å². The lowest BCUT2D eigenvalue weighted by Crippen LogP contribution is -2.38. The largest absolute Gasteiger partial charge is 0.326 e. The zero-order valence-corrected chi connectivity index (χ0v) is 8.21. The molecule has 0 spiro atoms. The molecule has 2 heteroatoms. The first-order chi connectivity index (χ1) is 5.62. The van der Waals surface area contributed by atoms with Gasteiger partial charge in [0.05, 0.1) is 0 Å². The Morgan fingerprint density at radius 2 is 2.17 bits per heavy atom. The number of rotatable bonds is 2. The van der Waals surface area contributed by atoms with Crippen LogP contribution in [0, 0.1) is 5.41 Å². The predicted octanol–water partition coefficient (Wildman–Crippen LogP) is 1.21. The molecule has 1 aliphatic heterocycles. The first-order valence-electron chi connectivity index (χ1n) is 5.11. The maximum Gasteiger partial charge on any atom is 0.0180 e. The van der Waals surface area contributed by atoms with Crippen LogP contribution in [0.1, 0.15) is 33.1 Å². The van der Waals surface area contributed by atoms with Gasteiger partial charge in [-0.15, -0.1) is 0 Å². The average molecular weight is 168 g/mol. The summed E-state index contributed by atoms with van der Waals surface area (Å²) in [6.07, 6.45) is 4.03. The van der Waals surface area contributed by atoms with Crippen LogP contribution in [0.4, 0.5) is 0 Å². The van der Waals surface area contributed by atoms with E-state index in [-0.39, 0.29) is 0 Å². The normalized spacial score (nSPS) is 36.8. The summed E-state index contributed by atoms with van der Waals surface area (Å²) in [6.45, 7) is 7.11. The monoisotopic (exact) mass is 168 g/mol. The van der Waals surface area contributed by atoms with Crippen molar-refractivity contribution in [2.75, 3.05) is 13.1 Å². The van der Waals surface area contributed by atoms with Crippen molar-refractivity contribution in [1.82, 2.24) is 4.90 Å². The second-order valence-corrected chi connectivity index (χ2v) is 4.87. The molecule has 2 rings (SSSR count). The SMILES string of the molecule is CC(N1CCC(N)C1)C1(C)CC1. The second-order valence-electron chi connectivity index (χ2n) is 4.87. The van der Waals surface area contributed by atoms with Crippen molar-refractivity contribution in [3.05, 3.63) is 0 Å². The van der Waals surface area contributed by atoms with Gasteiger partial charge in [0.2, 0.25) is 0 Å². The highest BCUT2D eigenvalue weighted by Crippen LogP contribution is 2.50. The lowest BCUT2D eigenvalue weighted by Gasteiger charge is -2.29. The minimum Gasteiger partial charge on any atom is -0.326 e. The highest BCUT2D eigenvalue weighted by Gasteiger charge is 2.45. The molecule has 1 aliphatic carbocycles. The minimum atomic E-state index is 0.440. The Morgan fingerprint density at radius 3 is 2.58 bits per heavy atom. The van der Waals surface area contributed by atoms with Crippen molar-refractivity contribution in [2.45, 2.75) is 45.2 Å². The Morgan fingerprint density at radius 1 is 1.50 bits per heavy atom. The Kier molecular flexibility index (Phi) is 1.92. The molecule has 1 saturated heterocycles. The Hall–Kier alpha value is -0.0800. The smallest absolute Gasteiger partial charge is 0.0180 e. The molecule has 2 unspecified atom stereocenters. The third-order valence-corrected chi connectivity index (χ3v) is 3.85. The summed E-state index contributed by atoms with van der Waals surface area (Å²) < 4.78 is 0. The third kappa shape index (κ3) is 1.38. The lowest BCUT2D eigenvalue weighted by molar-refractivity contribution is 0.183. The minimum absolute atomic E-state index is 0.440. The Balaban J connectivity index is 1.92. The van der Waals surface area contributed by atoms with Gasteiger partial charge >= 0.3 is 0 Å². The van der Waals surface area contributed by atoms with Gasteiger partial charge in [-0.1, -0.05) is 6.92 Å². The fourth-order valence-corrected chi connectivity index (χ4v) is 2.22. The van der Waals surface area contributed by atoms with Crippen LogP contribution in [0.2, 0.25) is 0 Å². The van der Waals surface area contributed by atoms with Crippen LogP contribution in [0.15, 0.2) is 0 Å². The molecule has 0 aromatic rings. The molecule has 2 N–H and O–H groups in total. The van der Waals surface area contributed by atoms with E-state index in [1.165, 1.54) is 25.8 Å². The van der Waals surface area contributed by atoms with Gasteiger partial charge in [0.15, 0.2) is 0 Å². The van der Waals surface area contributed by atoms with E-state index in [4.69, 9.17) is 5.73 Å². The van der Waals surface area contributed by atoms with Crippen molar-refractivity contribution in [1.29, 1.82) is 0 Å². The van der Waals surface area contributed by atoms with E-state index in [9.17, 15) is 0 Å². The molecule has 1 saturated carbocycles. The summed E-state index contributed by atoms with van der Waals surface area (Å²) in [6, 6.07) is 1.20. The lowest BCUT2D eigenvalue weighted by atomic mass is 10.00. The maximum absolute atomic E-state index is 5.88. The van der Waals surface area contributed by atoms with E-state index in [1.807, 2.05) is 0 Å². The molecular weight excluding hydrogens is 148 g/mol. The molecule has 0 amide bonds. The molecule has 0 aromatic heterocycles. The number of nitrogens with two attached hydrogens (primary N) is 1. The maximum atomic E-state index is 5.88. The summed E-state index contributed by atoms with van der Waals surface area (Å²) in [4.78, 5) is 2.57. The zero-order valence-electron chi connectivity index (χ0n) is 8.21. The van der Waals surface area contributed by atoms with Crippen molar-refractivity contribution >= 4 is 0 Å².